The van der Waals surface area contributed by atoms with Gasteiger partial charge in [0.2, 0.25) is 0 Å². The lowest BCUT2D eigenvalue weighted by molar-refractivity contribution is 0.404. The molecule has 0 saturated carbocycles. The Kier molecular flexibility index (Phi) is 5.61. The largest absolute Gasteiger partial charge is 0.496 e. The van der Waals surface area contributed by atoms with Crippen molar-refractivity contribution >= 4 is 58.4 Å². The van der Waals surface area contributed by atoms with E-state index in [0.717, 1.165) is 20.4 Å². The zero-order valence-electron chi connectivity index (χ0n) is 13.6. The van der Waals surface area contributed by atoms with Crippen molar-refractivity contribution in [1.29, 1.82) is 0 Å². The van der Waals surface area contributed by atoms with Crippen LogP contribution in [0, 0.1) is 0 Å². The van der Waals surface area contributed by atoms with Gasteiger partial charge in [0.15, 0.2) is 0 Å². The minimum Gasteiger partial charge on any atom is -0.496 e. The van der Waals surface area contributed by atoms with Gasteiger partial charge < -0.3 is 9.47 Å². The van der Waals surface area contributed by atoms with E-state index in [2.05, 4.69) is 71.1 Å². The summed E-state index contributed by atoms with van der Waals surface area (Å²) in [5.74, 6) is 1.93. The van der Waals surface area contributed by atoms with Crippen LogP contribution in [0.5, 0.6) is 11.5 Å². The first kappa shape index (κ1) is 18.3. The molecule has 0 bridgehead atoms. The number of hydrogen-bond donors (Lipinski definition) is 0. The molecule has 6 heteroatoms. The molecule has 1 aromatic carbocycles. The lowest BCUT2D eigenvalue weighted by Crippen LogP contribution is -2.46. The van der Waals surface area contributed by atoms with E-state index in [1.165, 1.54) is 10.4 Å². The molecule has 20 heavy (non-hydrogen) atoms. The molecule has 0 spiro atoms. The van der Waals surface area contributed by atoms with Crippen molar-refractivity contribution in [3.05, 3.63) is 8.95 Å². The highest BCUT2D eigenvalue weighted by Gasteiger charge is 2.35. The fraction of sp³-hybridized carbons (Fsp3) is 0.571. The Morgan fingerprint density at radius 2 is 0.900 bits per heavy atom. The second-order valence-corrected chi connectivity index (χ2v) is 18.5. The second-order valence-electron chi connectivity index (χ2n) is 6.94. The maximum atomic E-state index is 5.74. The summed E-state index contributed by atoms with van der Waals surface area (Å²) in [6.07, 6.45) is 0. The molecular weight excluding hydrogens is 416 g/mol. The molecule has 1 aromatic rings. The second kappa shape index (κ2) is 6.14. The van der Waals surface area contributed by atoms with E-state index < -0.39 is 16.1 Å². The average Bonchev–Trinajstić information content (AvgIpc) is 2.27. The van der Waals surface area contributed by atoms with E-state index >= 15 is 0 Å². The van der Waals surface area contributed by atoms with Gasteiger partial charge >= 0.3 is 0 Å². The Bertz CT molecular complexity index is 470. The van der Waals surface area contributed by atoms with E-state index in [0.29, 0.717) is 0 Å². The maximum Gasteiger partial charge on any atom is 0.133 e. The fourth-order valence-electron chi connectivity index (χ4n) is 2.37. The first-order valence-electron chi connectivity index (χ1n) is 6.60. The van der Waals surface area contributed by atoms with Crippen LogP contribution in [0.3, 0.4) is 0 Å². The van der Waals surface area contributed by atoms with Crippen molar-refractivity contribution in [2.24, 2.45) is 0 Å². The van der Waals surface area contributed by atoms with Crippen LogP contribution in [0.2, 0.25) is 39.3 Å². The monoisotopic (exact) mass is 438 g/mol. The molecule has 0 aliphatic rings. The highest BCUT2D eigenvalue weighted by molar-refractivity contribution is 9.11. The standard InChI is InChI=1S/C14H24Br2O2Si2/c1-17-11-9(15)14(20(6,7)8)12(18-2)10(16)13(11)19(3,4)5/h1-8H3. The summed E-state index contributed by atoms with van der Waals surface area (Å²) in [4.78, 5) is 0. The van der Waals surface area contributed by atoms with Crippen molar-refractivity contribution in [3.63, 3.8) is 0 Å². The first-order valence-corrected chi connectivity index (χ1v) is 15.2. The minimum atomic E-state index is -1.57. The molecule has 0 atom stereocenters. The molecule has 0 heterocycles. The van der Waals surface area contributed by atoms with Crippen LogP contribution in [-0.4, -0.2) is 30.4 Å². The molecule has 0 N–H and O–H groups in total. The molecule has 0 aromatic heterocycles. The van der Waals surface area contributed by atoms with E-state index in [1.54, 1.807) is 14.2 Å². The zero-order valence-corrected chi connectivity index (χ0v) is 18.7. The lowest BCUT2D eigenvalue weighted by atomic mass is 10.3. The molecule has 0 aliphatic carbocycles. The molecule has 1 rings (SSSR count). The molecule has 0 fully saturated rings. The van der Waals surface area contributed by atoms with E-state index in [1.807, 2.05) is 0 Å². The van der Waals surface area contributed by atoms with Crippen molar-refractivity contribution in [1.82, 2.24) is 0 Å². The van der Waals surface area contributed by atoms with Crippen molar-refractivity contribution in [3.8, 4) is 11.5 Å². The summed E-state index contributed by atoms with van der Waals surface area (Å²) in [6, 6.07) is 0. The number of hydrogen-bond acceptors (Lipinski definition) is 2. The number of ether oxygens (including phenoxy) is 2. The zero-order chi connectivity index (χ0) is 15.9. The van der Waals surface area contributed by atoms with Crippen LogP contribution < -0.4 is 19.8 Å². The van der Waals surface area contributed by atoms with Gasteiger partial charge in [-0.3, -0.25) is 0 Å². The molecule has 0 unspecified atom stereocenters. The van der Waals surface area contributed by atoms with Gasteiger partial charge in [-0.1, -0.05) is 39.3 Å². The molecule has 0 saturated heterocycles. The van der Waals surface area contributed by atoms with Crippen LogP contribution in [0.15, 0.2) is 8.95 Å². The van der Waals surface area contributed by atoms with Gasteiger partial charge in [-0.05, 0) is 42.2 Å². The quantitative estimate of drug-likeness (QED) is 0.650. The molecular formula is C14H24Br2O2Si2. The van der Waals surface area contributed by atoms with Crippen LogP contribution in [0.4, 0.5) is 0 Å². The Balaban J connectivity index is 3.92. The summed E-state index contributed by atoms with van der Waals surface area (Å²) in [7, 11) is 0.351. The number of halogens is 2. The Morgan fingerprint density at radius 1 is 0.650 bits per heavy atom. The van der Waals surface area contributed by atoms with Crippen LogP contribution in [0.1, 0.15) is 0 Å². The Morgan fingerprint density at radius 3 is 1.05 bits per heavy atom. The molecule has 2 nitrogen and oxygen atoms in total. The summed E-state index contributed by atoms with van der Waals surface area (Å²) in [5.41, 5.74) is 0. The van der Waals surface area contributed by atoms with Crippen molar-refractivity contribution in [2.45, 2.75) is 39.3 Å². The highest BCUT2D eigenvalue weighted by atomic mass is 79.9. The smallest absolute Gasteiger partial charge is 0.133 e. The lowest BCUT2D eigenvalue weighted by Gasteiger charge is -2.30. The summed E-state index contributed by atoms with van der Waals surface area (Å²) in [5, 5.41) is 2.54. The van der Waals surface area contributed by atoms with Gasteiger partial charge in [0, 0.05) is 0 Å². The fourth-order valence-corrected chi connectivity index (χ4v) is 10.7. The number of rotatable bonds is 4. The van der Waals surface area contributed by atoms with Crippen LogP contribution in [0.25, 0.3) is 0 Å². The first-order chi connectivity index (χ1) is 8.96. The predicted octanol–water partition coefficient (Wildman–Crippen LogP) is 4.32. The summed E-state index contributed by atoms with van der Waals surface area (Å²) in [6.45, 7) is 13.9. The van der Waals surface area contributed by atoms with E-state index in [9.17, 15) is 0 Å². The van der Waals surface area contributed by atoms with Gasteiger partial charge in [-0.25, -0.2) is 0 Å². The van der Waals surface area contributed by atoms with Crippen LogP contribution in [-0.2, 0) is 0 Å². The SMILES string of the molecule is COc1c(Br)c([Si](C)(C)C)c(OC)c(Br)c1[Si](C)(C)C. The Labute approximate surface area is 141 Å². The van der Waals surface area contributed by atoms with Crippen LogP contribution >= 0.6 is 31.9 Å². The normalized spacial score (nSPS) is 12.5. The highest BCUT2D eigenvalue weighted by Crippen LogP contribution is 2.36. The van der Waals surface area contributed by atoms with Gasteiger partial charge in [-0.2, -0.15) is 0 Å². The van der Waals surface area contributed by atoms with Gasteiger partial charge in [0.1, 0.15) is 11.5 Å². The summed E-state index contributed by atoms with van der Waals surface area (Å²) < 4.78 is 13.6. The molecule has 0 radical (unpaired) electrons. The van der Waals surface area contributed by atoms with Gasteiger partial charge in [0.25, 0.3) is 0 Å². The maximum absolute atomic E-state index is 5.74. The van der Waals surface area contributed by atoms with Crippen molar-refractivity contribution < 1.29 is 9.47 Å². The number of benzene rings is 1. The third-order valence-corrected chi connectivity index (χ3v) is 9.40. The Hall–Kier alpha value is 0.214. The average molecular weight is 440 g/mol. The third-order valence-electron chi connectivity index (χ3n) is 3.20. The topological polar surface area (TPSA) is 18.5 Å². The molecule has 0 amide bonds. The molecule has 114 valence electrons. The molecule has 0 aliphatic heterocycles. The van der Waals surface area contributed by atoms with Gasteiger partial charge in [0.05, 0.1) is 39.3 Å². The summed E-state index contributed by atoms with van der Waals surface area (Å²) >= 11 is 7.55. The van der Waals surface area contributed by atoms with Gasteiger partial charge in [-0.15, -0.1) is 0 Å². The minimum absolute atomic E-state index is 0.967. The van der Waals surface area contributed by atoms with Crippen molar-refractivity contribution in [2.75, 3.05) is 14.2 Å². The van der Waals surface area contributed by atoms with E-state index in [-0.39, 0.29) is 0 Å². The van der Waals surface area contributed by atoms with E-state index in [4.69, 9.17) is 9.47 Å². The number of methoxy groups -OCH3 is 2. The predicted molar refractivity (Wildman–Crippen MR) is 101 cm³/mol. The third kappa shape index (κ3) is 3.34.